The van der Waals surface area contributed by atoms with E-state index in [2.05, 4.69) is 31.0 Å². The van der Waals surface area contributed by atoms with Crippen LogP contribution in [0.2, 0.25) is 0 Å². The van der Waals surface area contributed by atoms with E-state index in [1.807, 2.05) is 37.3 Å². The number of aryl methyl sites for hydroxylation is 1. The summed E-state index contributed by atoms with van der Waals surface area (Å²) in [5.41, 5.74) is 3.24. The number of rotatable bonds is 5. The van der Waals surface area contributed by atoms with Crippen LogP contribution in [0.15, 0.2) is 60.1 Å². The van der Waals surface area contributed by atoms with Gasteiger partial charge in [0.25, 0.3) is 5.88 Å². The van der Waals surface area contributed by atoms with Crippen LogP contribution in [0.25, 0.3) is 11.2 Å². The zero-order valence-electron chi connectivity index (χ0n) is 17.0. The van der Waals surface area contributed by atoms with Gasteiger partial charge in [0.15, 0.2) is 11.2 Å². The summed E-state index contributed by atoms with van der Waals surface area (Å²) in [6, 6.07) is 13.6. The molecule has 1 aliphatic rings. The molecule has 1 fully saturated rings. The Hall–Kier alpha value is -3.85. The predicted molar refractivity (Wildman–Crippen MR) is 117 cm³/mol. The first-order chi connectivity index (χ1) is 15.3. The van der Waals surface area contributed by atoms with Crippen molar-refractivity contribution in [1.29, 1.82) is 0 Å². The zero-order valence-corrected chi connectivity index (χ0v) is 17.0. The van der Waals surface area contributed by atoms with E-state index in [9.17, 15) is 0 Å². The van der Waals surface area contributed by atoms with E-state index in [0.29, 0.717) is 55.2 Å². The highest BCUT2D eigenvalue weighted by Gasteiger charge is 2.20. The van der Waals surface area contributed by atoms with E-state index < -0.39 is 0 Å². The molecule has 5 rings (SSSR count). The third-order valence-electron chi connectivity index (χ3n) is 4.84. The average molecular weight is 415 g/mol. The number of hydrogen-bond donors (Lipinski definition) is 0. The highest BCUT2D eigenvalue weighted by Crippen LogP contribution is 2.28. The monoisotopic (exact) mass is 415 g/mol. The van der Waals surface area contributed by atoms with E-state index >= 15 is 0 Å². The van der Waals surface area contributed by atoms with Crippen LogP contribution in [0.3, 0.4) is 0 Å². The standard InChI is InChI=1S/C22H21N7O2/c1-16-5-4-6-17(13-16)14-25-29-15-24-19-20(29)26-22(28-9-11-30-12-10-28)27-21(19)31-18-7-2-3-8-23-18/h2-8,13-15H,9-12H2,1H3/b25-14+. The molecule has 1 aliphatic heterocycles. The van der Waals surface area contributed by atoms with Crippen molar-refractivity contribution in [3.63, 3.8) is 0 Å². The summed E-state index contributed by atoms with van der Waals surface area (Å²) in [6.07, 6.45) is 5.06. The van der Waals surface area contributed by atoms with E-state index in [0.717, 1.165) is 5.56 Å². The lowest BCUT2D eigenvalue weighted by Gasteiger charge is -2.26. The molecule has 156 valence electrons. The minimum Gasteiger partial charge on any atom is -0.418 e. The van der Waals surface area contributed by atoms with E-state index in [-0.39, 0.29) is 0 Å². The first-order valence-electron chi connectivity index (χ1n) is 10.0. The number of fused-ring (bicyclic) bond motifs is 1. The maximum atomic E-state index is 5.97. The number of anilines is 1. The number of imidazole rings is 1. The van der Waals surface area contributed by atoms with Gasteiger partial charge in [-0.2, -0.15) is 15.1 Å². The Morgan fingerprint density at radius 3 is 2.77 bits per heavy atom. The Balaban J connectivity index is 1.56. The Bertz CT molecular complexity index is 1220. The van der Waals surface area contributed by atoms with Crippen LogP contribution in [0.1, 0.15) is 11.1 Å². The summed E-state index contributed by atoms with van der Waals surface area (Å²) in [7, 11) is 0. The maximum absolute atomic E-state index is 5.97. The van der Waals surface area contributed by atoms with Crippen LogP contribution in [-0.4, -0.2) is 57.1 Å². The number of hydrogen-bond acceptors (Lipinski definition) is 8. The third kappa shape index (κ3) is 4.22. The van der Waals surface area contributed by atoms with Gasteiger partial charge in [0.05, 0.1) is 19.4 Å². The predicted octanol–water partition coefficient (Wildman–Crippen LogP) is 3.04. The smallest absolute Gasteiger partial charge is 0.254 e. The number of morpholine rings is 1. The molecule has 0 N–H and O–H groups in total. The summed E-state index contributed by atoms with van der Waals surface area (Å²) in [6.45, 7) is 4.71. The fraction of sp³-hybridized carbons (Fsp3) is 0.227. The van der Waals surface area contributed by atoms with Crippen LogP contribution < -0.4 is 9.64 Å². The molecule has 9 heteroatoms. The fourth-order valence-corrected chi connectivity index (χ4v) is 3.30. The minimum absolute atomic E-state index is 0.342. The maximum Gasteiger partial charge on any atom is 0.254 e. The first kappa shape index (κ1) is 19.1. The molecular formula is C22H21N7O2. The molecule has 3 aromatic heterocycles. The van der Waals surface area contributed by atoms with Gasteiger partial charge in [0.2, 0.25) is 11.8 Å². The lowest BCUT2D eigenvalue weighted by molar-refractivity contribution is 0.122. The Kier molecular flexibility index (Phi) is 5.24. The molecule has 1 aromatic carbocycles. The average Bonchev–Trinajstić information content (AvgIpc) is 3.22. The molecule has 4 heterocycles. The van der Waals surface area contributed by atoms with Gasteiger partial charge in [-0.15, -0.1) is 0 Å². The van der Waals surface area contributed by atoms with Crippen molar-refractivity contribution in [2.75, 3.05) is 31.2 Å². The van der Waals surface area contributed by atoms with Crippen molar-refractivity contribution in [3.05, 3.63) is 66.1 Å². The Morgan fingerprint density at radius 1 is 1.06 bits per heavy atom. The molecule has 31 heavy (non-hydrogen) atoms. The van der Waals surface area contributed by atoms with Gasteiger partial charge in [-0.05, 0) is 18.6 Å². The van der Waals surface area contributed by atoms with Crippen molar-refractivity contribution < 1.29 is 9.47 Å². The summed E-state index contributed by atoms with van der Waals surface area (Å²) >= 11 is 0. The van der Waals surface area contributed by atoms with E-state index in [1.165, 1.54) is 5.56 Å². The van der Waals surface area contributed by atoms with Crippen LogP contribution >= 0.6 is 0 Å². The topological polar surface area (TPSA) is 90.5 Å². The van der Waals surface area contributed by atoms with Gasteiger partial charge in [-0.25, -0.2) is 14.6 Å². The molecule has 9 nitrogen and oxygen atoms in total. The van der Waals surface area contributed by atoms with E-state index in [1.54, 1.807) is 29.5 Å². The molecule has 4 aromatic rings. The Morgan fingerprint density at radius 2 is 1.97 bits per heavy atom. The highest BCUT2D eigenvalue weighted by atomic mass is 16.5. The number of benzene rings is 1. The van der Waals surface area contributed by atoms with Crippen molar-refractivity contribution in [3.8, 4) is 11.8 Å². The second-order valence-electron chi connectivity index (χ2n) is 7.12. The molecule has 0 radical (unpaired) electrons. The van der Waals surface area contributed by atoms with Crippen LogP contribution in [0.4, 0.5) is 5.95 Å². The van der Waals surface area contributed by atoms with Crippen molar-refractivity contribution in [2.24, 2.45) is 5.10 Å². The van der Waals surface area contributed by atoms with Crippen LogP contribution in [0, 0.1) is 6.92 Å². The lowest BCUT2D eigenvalue weighted by Crippen LogP contribution is -2.37. The van der Waals surface area contributed by atoms with Gasteiger partial charge in [0, 0.05) is 25.4 Å². The molecule has 0 saturated carbocycles. The quantitative estimate of drug-likeness (QED) is 0.463. The van der Waals surface area contributed by atoms with Crippen molar-refractivity contribution >= 4 is 23.3 Å². The number of ether oxygens (including phenoxy) is 2. The van der Waals surface area contributed by atoms with Gasteiger partial charge >= 0.3 is 0 Å². The molecule has 0 unspecified atom stereocenters. The molecule has 0 amide bonds. The molecule has 0 atom stereocenters. The second kappa shape index (κ2) is 8.49. The third-order valence-corrected chi connectivity index (χ3v) is 4.84. The van der Waals surface area contributed by atoms with Crippen LogP contribution in [0.5, 0.6) is 11.8 Å². The first-order valence-corrected chi connectivity index (χ1v) is 10.0. The number of nitrogens with zero attached hydrogens (tertiary/aromatic N) is 7. The summed E-state index contributed by atoms with van der Waals surface area (Å²) in [5, 5.41) is 4.56. The minimum atomic E-state index is 0.342. The van der Waals surface area contributed by atoms with E-state index in [4.69, 9.17) is 14.5 Å². The molecule has 0 bridgehead atoms. The number of pyridine rings is 1. The fourth-order valence-electron chi connectivity index (χ4n) is 3.30. The molecular weight excluding hydrogens is 394 g/mol. The van der Waals surface area contributed by atoms with Gasteiger partial charge in [-0.3, -0.25) is 0 Å². The van der Waals surface area contributed by atoms with Gasteiger partial charge < -0.3 is 14.4 Å². The SMILES string of the molecule is Cc1cccc(/C=N/n2cnc3c(Oc4ccccn4)nc(N4CCOCC4)nc32)c1. The number of aromatic nitrogens is 5. The molecule has 1 saturated heterocycles. The lowest BCUT2D eigenvalue weighted by atomic mass is 10.2. The summed E-state index contributed by atoms with van der Waals surface area (Å²) < 4.78 is 13.1. The van der Waals surface area contributed by atoms with Crippen LogP contribution in [-0.2, 0) is 4.74 Å². The Labute approximate surface area is 179 Å². The van der Waals surface area contributed by atoms with Gasteiger partial charge in [0.1, 0.15) is 6.33 Å². The summed E-state index contributed by atoms with van der Waals surface area (Å²) in [4.78, 5) is 20.1. The van der Waals surface area contributed by atoms with Crippen molar-refractivity contribution in [2.45, 2.75) is 6.92 Å². The van der Waals surface area contributed by atoms with Crippen molar-refractivity contribution in [1.82, 2.24) is 24.6 Å². The second-order valence-corrected chi connectivity index (χ2v) is 7.12. The molecule has 0 aliphatic carbocycles. The summed E-state index contributed by atoms with van der Waals surface area (Å²) in [5.74, 6) is 1.33. The zero-order chi connectivity index (χ0) is 21.0. The van der Waals surface area contributed by atoms with Gasteiger partial charge in [-0.1, -0.05) is 35.9 Å². The molecule has 0 spiro atoms. The highest BCUT2D eigenvalue weighted by molar-refractivity contribution is 5.82. The largest absolute Gasteiger partial charge is 0.418 e. The normalized spacial score (nSPS) is 14.4.